The van der Waals surface area contributed by atoms with E-state index in [-0.39, 0.29) is 5.56 Å². The fraction of sp³-hybridized carbons (Fsp3) is 0.200. The Kier molecular flexibility index (Phi) is 4.53. The zero-order valence-corrected chi connectivity index (χ0v) is 15.6. The zero-order chi connectivity index (χ0) is 18.1. The van der Waals surface area contributed by atoms with Crippen molar-refractivity contribution in [2.45, 2.75) is 25.3 Å². The zero-order valence-electron chi connectivity index (χ0n) is 14.7. The van der Waals surface area contributed by atoms with E-state index < -0.39 is 0 Å². The molecule has 132 valence electrons. The number of H-pyrrole nitrogens is 1. The topological polar surface area (TPSA) is 62.7 Å². The van der Waals surface area contributed by atoms with Crippen molar-refractivity contribution in [2.24, 2.45) is 0 Å². The molecule has 5 nitrogen and oxygen atoms in total. The highest BCUT2D eigenvalue weighted by atomic mass is 32.2. The number of pyridine rings is 1. The lowest BCUT2D eigenvalue weighted by Gasteiger charge is -2.12. The number of aryl methyl sites for hydroxylation is 2. The third-order valence-corrected chi connectivity index (χ3v) is 5.36. The molecule has 0 atom stereocenters. The number of aromatic amines is 1. The van der Waals surface area contributed by atoms with Gasteiger partial charge in [0.15, 0.2) is 0 Å². The molecule has 0 fully saturated rings. The number of nitrogens with zero attached hydrogens (tertiary/aromatic N) is 2. The summed E-state index contributed by atoms with van der Waals surface area (Å²) in [5.74, 6) is 0. The average molecular weight is 364 g/mol. The molecule has 4 aromatic rings. The minimum absolute atomic E-state index is 0.00656. The number of aromatic nitrogens is 3. The lowest BCUT2D eigenvalue weighted by Crippen LogP contribution is -2.25. The summed E-state index contributed by atoms with van der Waals surface area (Å²) in [4.78, 5) is 14.2. The Bertz CT molecular complexity index is 1130. The van der Waals surface area contributed by atoms with Crippen LogP contribution in [0.1, 0.15) is 11.3 Å². The fourth-order valence-electron chi connectivity index (χ4n) is 3.16. The first-order valence-electron chi connectivity index (χ1n) is 8.58. The molecule has 0 saturated carbocycles. The molecule has 0 saturated heterocycles. The van der Waals surface area contributed by atoms with E-state index in [9.17, 15) is 4.79 Å². The predicted molar refractivity (Wildman–Crippen MR) is 108 cm³/mol. The number of hydrogen-bond acceptors (Lipinski definition) is 4. The lowest BCUT2D eigenvalue weighted by atomic mass is 10.1. The number of fused-ring (bicyclic) bond motifs is 3. The van der Waals surface area contributed by atoms with Gasteiger partial charge in [0.05, 0.1) is 10.9 Å². The maximum atomic E-state index is 13.0. The summed E-state index contributed by atoms with van der Waals surface area (Å²) in [6.07, 6.45) is 0. The summed E-state index contributed by atoms with van der Waals surface area (Å²) in [5, 5.41) is 8.95. The van der Waals surface area contributed by atoms with Crippen LogP contribution in [0.15, 0.2) is 58.2 Å². The van der Waals surface area contributed by atoms with Gasteiger partial charge in [-0.05, 0) is 44.0 Å². The standard InChI is InChI=1S/C20H20N4OS/c1-13-7-9-15(10-8-13)26-21-11-12-24-17-6-4-3-5-16(17)19-18(20(24)25)14(2)22-23-19/h3-10,21H,11-12H2,1-2H3,(H,22,23). The highest BCUT2D eigenvalue weighted by molar-refractivity contribution is 7.97. The Morgan fingerprint density at radius 3 is 2.69 bits per heavy atom. The maximum absolute atomic E-state index is 13.0. The molecule has 4 rings (SSSR count). The van der Waals surface area contributed by atoms with Gasteiger partial charge in [0.25, 0.3) is 5.56 Å². The van der Waals surface area contributed by atoms with E-state index in [1.165, 1.54) is 5.56 Å². The second-order valence-electron chi connectivity index (χ2n) is 6.36. The number of nitrogens with one attached hydrogen (secondary N) is 2. The number of benzene rings is 2. The van der Waals surface area contributed by atoms with Crippen molar-refractivity contribution in [3.63, 3.8) is 0 Å². The highest BCUT2D eigenvalue weighted by Gasteiger charge is 2.14. The molecule has 0 unspecified atom stereocenters. The van der Waals surface area contributed by atoms with Crippen LogP contribution in [0.25, 0.3) is 21.8 Å². The van der Waals surface area contributed by atoms with E-state index in [2.05, 4.69) is 46.1 Å². The Morgan fingerprint density at radius 1 is 1.12 bits per heavy atom. The molecular weight excluding hydrogens is 344 g/mol. The first-order chi connectivity index (χ1) is 12.6. The molecule has 0 aliphatic rings. The third kappa shape index (κ3) is 3.02. The average Bonchev–Trinajstić information content (AvgIpc) is 3.05. The summed E-state index contributed by atoms with van der Waals surface area (Å²) in [6, 6.07) is 16.3. The van der Waals surface area contributed by atoms with Crippen LogP contribution in [-0.4, -0.2) is 21.3 Å². The summed E-state index contributed by atoms with van der Waals surface area (Å²) in [7, 11) is 0. The van der Waals surface area contributed by atoms with Crippen molar-refractivity contribution in [2.75, 3.05) is 6.54 Å². The van der Waals surface area contributed by atoms with Crippen molar-refractivity contribution in [1.29, 1.82) is 0 Å². The fourth-order valence-corrected chi connectivity index (χ4v) is 3.79. The second kappa shape index (κ2) is 6.97. The van der Waals surface area contributed by atoms with Crippen LogP contribution in [0.5, 0.6) is 0 Å². The lowest BCUT2D eigenvalue weighted by molar-refractivity contribution is 0.691. The van der Waals surface area contributed by atoms with Gasteiger partial charge in [-0.2, -0.15) is 5.10 Å². The van der Waals surface area contributed by atoms with Gasteiger partial charge >= 0.3 is 0 Å². The summed E-state index contributed by atoms with van der Waals surface area (Å²) in [5.41, 5.74) is 3.73. The molecule has 0 aliphatic carbocycles. The van der Waals surface area contributed by atoms with E-state index in [0.29, 0.717) is 18.5 Å². The molecule has 0 radical (unpaired) electrons. The first-order valence-corrected chi connectivity index (χ1v) is 9.39. The van der Waals surface area contributed by atoms with Gasteiger partial charge in [-0.15, -0.1) is 0 Å². The third-order valence-electron chi connectivity index (χ3n) is 4.50. The van der Waals surface area contributed by atoms with Gasteiger partial charge in [0, 0.05) is 29.1 Å². The van der Waals surface area contributed by atoms with E-state index >= 15 is 0 Å². The Hall–Kier alpha value is -2.57. The molecular formula is C20H20N4OS. The molecule has 0 amide bonds. The van der Waals surface area contributed by atoms with Crippen molar-refractivity contribution >= 4 is 33.8 Å². The van der Waals surface area contributed by atoms with E-state index in [1.807, 2.05) is 35.8 Å². The molecule has 2 aromatic heterocycles. The first kappa shape index (κ1) is 16.9. The summed E-state index contributed by atoms with van der Waals surface area (Å²) >= 11 is 1.58. The van der Waals surface area contributed by atoms with E-state index in [1.54, 1.807) is 11.9 Å². The van der Waals surface area contributed by atoms with Crippen LogP contribution in [0.3, 0.4) is 0 Å². The van der Waals surface area contributed by atoms with Crippen LogP contribution in [-0.2, 0) is 6.54 Å². The summed E-state index contributed by atoms with van der Waals surface area (Å²) in [6.45, 7) is 5.25. The molecule has 0 spiro atoms. The monoisotopic (exact) mass is 364 g/mol. The SMILES string of the molecule is Cc1ccc(SNCCn2c(=O)c3c(C)[nH]nc3c3ccccc32)cc1. The molecule has 26 heavy (non-hydrogen) atoms. The molecule has 2 aromatic carbocycles. The number of para-hydroxylation sites is 1. The van der Waals surface area contributed by atoms with Crippen LogP contribution < -0.4 is 10.3 Å². The molecule has 0 aliphatic heterocycles. The van der Waals surface area contributed by atoms with Crippen molar-refractivity contribution in [3.8, 4) is 0 Å². The highest BCUT2D eigenvalue weighted by Crippen LogP contribution is 2.22. The second-order valence-corrected chi connectivity index (χ2v) is 7.32. The minimum atomic E-state index is 0.00656. The number of hydrogen-bond donors (Lipinski definition) is 2. The van der Waals surface area contributed by atoms with Crippen LogP contribution >= 0.6 is 11.9 Å². The van der Waals surface area contributed by atoms with Crippen molar-refractivity contribution in [1.82, 2.24) is 19.5 Å². The maximum Gasteiger partial charge on any atom is 0.262 e. The van der Waals surface area contributed by atoms with E-state index in [4.69, 9.17) is 0 Å². The molecule has 6 heteroatoms. The van der Waals surface area contributed by atoms with Gasteiger partial charge in [0.1, 0.15) is 5.52 Å². The molecule has 2 N–H and O–H groups in total. The quantitative estimate of drug-likeness (QED) is 0.418. The van der Waals surface area contributed by atoms with Crippen molar-refractivity contribution in [3.05, 3.63) is 70.1 Å². The van der Waals surface area contributed by atoms with Gasteiger partial charge in [0.2, 0.25) is 0 Å². The Morgan fingerprint density at radius 2 is 1.88 bits per heavy atom. The molecule has 2 heterocycles. The van der Waals surface area contributed by atoms with Gasteiger partial charge in [-0.3, -0.25) is 14.6 Å². The normalized spacial score (nSPS) is 11.5. The van der Waals surface area contributed by atoms with Gasteiger partial charge < -0.3 is 4.57 Å². The van der Waals surface area contributed by atoms with Crippen LogP contribution in [0.2, 0.25) is 0 Å². The predicted octanol–water partition coefficient (Wildman–Crippen LogP) is 3.79. The molecule has 0 bridgehead atoms. The smallest absolute Gasteiger partial charge is 0.262 e. The largest absolute Gasteiger partial charge is 0.306 e. The van der Waals surface area contributed by atoms with Gasteiger partial charge in [-0.1, -0.05) is 35.9 Å². The van der Waals surface area contributed by atoms with Crippen LogP contribution in [0.4, 0.5) is 0 Å². The number of rotatable bonds is 5. The van der Waals surface area contributed by atoms with E-state index in [0.717, 1.165) is 27.0 Å². The Balaban J connectivity index is 1.61. The van der Waals surface area contributed by atoms with Crippen LogP contribution in [0, 0.1) is 13.8 Å². The van der Waals surface area contributed by atoms with Gasteiger partial charge in [-0.25, -0.2) is 0 Å². The van der Waals surface area contributed by atoms with Crippen molar-refractivity contribution < 1.29 is 0 Å². The summed E-state index contributed by atoms with van der Waals surface area (Å²) < 4.78 is 5.19. The minimum Gasteiger partial charge on any atom is -0.306 e. The Labute approximate surface area is 155 Å².